The zero-order chi connectivity index (χ0) is 8.39. The first kappa shape index (κ1) is 7.04. The van der Waals surface area contributed by atoms with Gasteiger partial charge in [-0.2, -0.15) is 0 Å². The van der Waals surface area contributed by atoms with Gasteiger partial charge in [0.05, 0.1) is 18.9 Å². The van der Waals surface area contributed by atoms with Crippen LogP contribution in [0, 0.1) is 12.3 Å². The summed E-state index contributed by atoms with van der Waals surface area (Å²) in [6, 6.07) is 0. The molecule has 12 heavy (non-hydrogen) atoms. The highest BCUT2D eigenvalue weighted by atomic mass is 15.3. The third kappa shape index (κ3) is 0.996. The molecule has 2 N–H and O–H groups in total. The molecule has 2 aliphatic heterocycles. The Balaban J connectivity index is 2.18. The first-order valence-corrected chi connectivity index (χ1v) is 3.82. The van der Waals surface area contributed by atoms with Gasteiger partial charge in [0.1, 0.15) is 12.5 Å². The first-order chi connectivity index (χ1) is 5.92. The molecule has 0 amide bonds. The van der Waals surface area contributed by atoms with Crippen LogP contribution in [0.1, 0.15) is 0 Å². The van der Waals surface area contributed by atoms with Gasteiger partial charge in [-0.1, -0.05) is 5.92 Å². The summed E-state index contributed by atoms with van der Waals surface area (Å²) in [5.74, 6) is 3.55. The molecule has 1 fully saturated rings. The molecule has 0 atom stereocenters. The van der Waals surface area contributed by atoms with E-state index >= 15 is 0 Å². The second kappa shape index (κ2) is 2.78. The first-order valence-electron chi connectivity index (χ1n) is 3.82. The van der Waals surface area contributed by atoms with Crippen molar-refractivity contribution in [2.45, 2.75) is 0 Å². The van der Waals surface area contributed by atoms with Gasteiger partial charge in [0.25, 0.3) is 0 Å². The predicted molar refractivity (Wildman–Crippen MR) is 47.1 cm³/mol. The molecule has 4 heteroatoms. The largest absolute Gasteiger partial charge is 0.370 e. The number of terminal acetylenes is 1. The van der Waals surface area contributed by atoms with Gasteiger partial charge in [-0.15, -0.1) is 6.42 Å². The Labute approximate surface area is 71.3 Å². The molecule has 4 nitrogen and oxygen atoms in total. The van der Waals surface area contributed by atoms with Gasteiger partial charge < -0.3 is 15.5 Å². The normalized spacial score (nSPS) is 19.8. The highest BCUT2D eigenvalue weighted by molar-refractivity contribution is 5.99. The molecule has 1 saturated heterocycles. The molecule has 0 unspecified atom stereocenters. The van der Waals surface area contributed by atoms with E-state index in [0.717, 1.165) is 18.2 Å². The Bertz CT molecular complexity index is 284. The van der Waals surface area contributed by atoms with Crippen LogP contribution in [0.2, 0.25) is 0 Å². The van der Waals surface area contributed by atoms with E-state index in [0.29, 0.717) is 13.2 Å². The number of hydrogen-bond donors (Lipinski definition) is 2. The van der Waals surface area contributed by atoms with Crippen molar-refractivity contribution in [3.63, 3.8) is 0 Å². The van der Waals surface area contributed by atoms with E-state index in [1.54, 1.807) is 0 Å². The Morgan fingerprint density at radius 3 is 3.50 bits per heavy atom. The van der Waals surface area contributed by atoms with Crippen LogP contribution in [-0.2, 0) is 0 Å². The molecule has 62 valence electrons. The summed E-state index contributed by atoms with van der Waals surface area (Å²) >= 11 is 0. The average molecular weight is 162 g/mol. The fourth-order valence-electron chi connectivity index (χ4n) is 1.31. The van der Waals surface area contributed by atoms with E-state index in [4.69, 9.17) is 6.42 Å². The van der Waals surface area contributed by atoms with Crippen LogP contribution in [-0.4, -0.2) is 30.6 Å². The van der Waals surface area contributed by atoms with Gasteiger partial charge in [0.2, 0.25) is 0 Å². The Kier molecular flexibility index (Phi) is 1.63. The van der Waals surface area contributed by atoms with Gasteiger partial charge in [-0.05, 0) is 0 Å². The molecule has 0 aliphatic carbocycles. The van der Waals surface area contributed by atoms with Crippen LogP contribution in [0.4, 0.5) is 0 Å². The van der Waals surface area contributed by atoms with E-state index in [9.17, 15) is 0 Å². The molecule has 0 saturated carbocycles. The topological polar surface area (TPSA) is 39.7 Å². The SMILES string of the molecule is C#CCN1CNC2=NCNC=C21. The molecule has 0 aromatic rings. The molecule has 2 rings (SSSR count). The summed E-state index contributed by atoms with van der Waals surface area (Å²) in [5, 5.41) is 6.21. The molecule has 0 bridgehead atoms. The number of rotatable bonds is 1. The maximum atomic E-state index is 5.22. The average Bonchev–Trinajstić information content (AvgIpc) is 2.50. The van der Waals surface area contributed by atoms with Crippen molar-refractivity contribution < 1.29 is 0 Å². The van der Waals surface area contributed by atoms with Crippen LogP contribution in [0.3, 0.4) is 0 Å². The lowest BCUT2D eigenvalue weighted by molar-refractivity contribution is 0.427. The van der Waals surface area contributed by atoms with Crippen molar-refractivity contribution in [1.29, 1.82) is 0 Å². The van der Waals surface area contributed by atoms with E-state index in [1.807, 2.05) is 6.20 Å². The fraction of sp³-hybridized carbons (Fsp3) is 0.375. The third-order valence-electron chi connectivity index (χ3n) is 1.87. The van der Waals surface area contributed by atoms with Gasteiger partial charge >= 0.3 is 0 Å². The number of nitrogens with one attached hydrogen (secondary N) is 2. The quantitative estimate of drug-likeness (QED) is 0.500. The molecule has 0 aromatic heterocycles. The summed E-state index contributed by atoms with van der Waals surface area (Å²) in [7, 11) is 0. The van der Waals surface area contributed by atoms with Crippen LogP contribution < -0.4 is 10.6 Å². The lowest BCUT2D eigenvalue weighted by Crippen LogP contribution is -2.24. The molecular weight excluding hydrogens is 152 g/mol. The second-order valence-electron chi connectivity index (χ2n) is 2.64. The lowest BCUT2D eigenvalue weighted by Gasteiger charge is -2.16. The van der Waals surface area contributed by atoms with Crippen molar-refractivity contribution in [1.82, 2.24) is 15.5 Å². The molecule has 0 spiro atoms. The summed E-state index contributed by atoms with van der Waals surface area (Å²) in [4.78, 5) is 6.30. The maximum Gasteiger partial charge on any atom is 0.149 e. The zero-order valence-corrected chi connectivity index (χ0v) is 6.67. The predicted octanol–water partition coefficient (Wildman–Crippen LogP) is -0.717. The van der Waals surface area contributed by atoms with E-state index in [-0.39, 0.29) is 0 Å². The summed E-state index contributed by atoms with van der Waals surface area (Å²) in [6.45, 7) is 2.03. The van der Waals surface area contributed by atoms with Crippen molar-refractivity contribution in [3.05, 3.63) is 11.9 Å². The van der Waals surface area contributed by atoms with Crippen molar-refractivity contribution in [2.24, 2.45) is 4.99 Å². The monoisotopic (exact) mass is 162 g/mol. The van der Waals surface area contributed by atoms with E-state index in [2.05, 4.69) is 26.4 Å². The molecule has 0 radical (unpaired) electrons. The molecular formula is C8H10N4. The van der Waals surface area contributed by atoms with Gasteiger partial charge in [0.15, 0.2) is 0 Å². The van der Waals surface area contributed by atoms with Crippen molar-refractivity contribution in [2.75, 3.05) is 19.9 Å². The minimum atomic E-state index is 0.625. The highest BCUT2D eigenvalue weighted by Gasteiger charge is 2.23. The smallest absolute Gasteiger partial charge is 0.149 e. The van der Waals surface area contributed by atoms with Crippen LogP contribution in [0.25, 0.3) is 0 Å². The van der Waals surface area contributed by atoms with E-state index < -0.39 is 0 Å². The number of nitrogens with zero attached hydrogens (tertiary/aromatic N) is 2. The highest BCUT2D eigenvalue weighted by Crippen LogP contribution is 2.11. The van der Waals surface area contributed by atoms with E-state index in [1.165, 1.54) is 0 Å². The van der Waals surface area contributed by atoms with Crippen LogP contribution in [0.15, 0.2) is 16.9 Å². The fourth-order valence-corrected chi connectivity index (χ4v) is 1.31. The Hall–Kier alpha value is -1.63. The van der Waals surface area contributed by atoms with Gasteiger partial charge in [-0.25, -0.2) is 4.99 Å². The van der Waals surface area contributed by atoms with Crippen molar-refractivity contribution >= 4 is 5.84 Å². The maximum absolute atomic E-state index is 5.22. The molecule has 2 heterocycles. The number of amidine groups is 1. The van der Waals surface area contributed by atoms with Gasteiger partial charge in [-0.3, -0.25) is 0 Å². The lowest BCUT2D eigenvalue weighted by atomic mass is 10.4. The Morgan fingerprint density at radius 1 is 1.75 bits per heavy atom. The zero-order valence-electron chi connectivity index (χ0n) is 6.67. The minimum absolute atomic E-state index is 0.625. The number of hydrogen-bond acceptors (Lipinski definition) is 4. The number of aliphatic imine (C=N–C) groups is 1. The van der Waals surface area contributed by atoms with Crippen LogP contribution in [0.5, 0.6) is 0 Å². The molecule has 0 aromatic carbocycles. The molecule has 2 aliphatic rings. The van der Waals surface area contributed by atoms with Gasteiger partial charge in [0, 0.05) is 6.20 Å². The van der Waals surface area contributed by atoms with Crippen LogP contribution >= 0.6 is 0 Å². The number of fused-ring (bicyclic) bond motifs is 1. The summed E-state index contributed by atoms with van der Waals surface area (Å²) < 4.78 is 0. The Morgan fingerprint density at radius 2 is 2.67 bits per heavy atom. The summed E-state index contributed by atoms with van der Waals surface area (Å²) in [5.41, 5.74) is 1.07. The second-order valence-corrected chi connectivity index (χ2v) is 2.64. The standard InChI is InChI=1S/C8H10N4/c1-2-3-12-6-11-8-7(12)4-9-5-10-8/h1,4,9H,3,5-6H2,(H,10,11). The third-order valence-corrected chi connectivity index (χ3v) is 1.87. The minimum Gasteiger partial charge on any atom is -0.370 e. The van der Waals surface area contributed by atoms with Crippen molar-refractivity contribution in [3.8, 4) is 12.3 Å². The summed E-state index contributed by atoms with van der Waals surface area (Å²) in [6.07, 6.45) is 7.17.